The van der Waals surface area contributed by atoms with Crippen LogP contribution in [-0.4, -0.2) is 31.3 Å². The van der Waals surface area contributed by atoms with E-state index in [-0.39, 0.29) is 0 Å². The zero-order valence-electron chi connectivity index (χ0n) is 10.4. The quantitative estimate of drug-likeness (QED) is 0.705. The smallest absolute Gasteiger partial charge is 0.297 e. The lowest BCUT2D eigenvalue weighted by atomic mass is 10.2. The molecule has 1 aromatic rings. The Morgan fingerprint density at radius 1 is 1.65 bits per heavy atom. The Morgan fingerprint density at radius 2 is 2.41 bits per heavy atom. The van der Waals surface area contributed by atoms with Crippen LogP contribution in [0.1, 0.15) is 25.5 Å². The molecule has 0 bridgehead atoms. The van der Waals surface area contributed by atoms with Crippen molar-refractivity contribution in [3.63, 3.8) is 0 Å². The number of hydrogen-bond donors (Lipinski definition) is 0. The van der Waals surface area contributed by atoms with E-state index in [1.165, 1.54) is 12.8 Å². The molecule has 1 fully saturated rings. The Hall–Kier alpha value is -0.740. The normalized spacial score (nSPS) is 17.1. The van der Waals surface area contributed by atoms with Crippen LogP contribution in [-0.2, 0) is 10.6 Å². The minimum absolute atomic E-state index is 0.388. The van der Waals surface area contributed by atoms with Gasteiger partial charge in [0.25, 0.3) is 6.01 Å². The standard InChI is InChI=1S/C12H19ClN2O2/c1-9(10-3-4-10)15(5-6-16-2)12-14-11(7-13)8-17-12/h8-10H,3-7H2,1-2H3. The highest BCUT2D eigenvalue weighted by Crippen LogP contribution is 2.36. The summed E-state index contributed by atoms with van der Waals surface area (Å²) >= 11 is 5.74. The molecule has 0 aromatic carbocycles. The molecule has 1 aromatic heterocycles. The molecule has 0 saturated heterocycles. The van der Waals surface area contributed by atoms with Crippen molar-refractivity contribution in [2.24, 2.45) is 5.92 Å². The van der Waals surface area contributed by atoms with Crippen LogP contribution >= 0.6 is 11.6 Å². The molecule has 1 saturated carbocycles. The summed E-state index contributed by atoms with van der Waals surface area (Å²) in [5, 5.41) is 0. The SMILES string of the molecule is COCCN(c1nc(CCl)co1)C(C)C1CC1. The van der Waals surface area contributed by atoms with Gasteiger partial charge in [-0.15, -0.1) is 11.6 Å². The summed E-state index contributed by atoms with van der Waals surface area (Å²) in [6, 6.07) is 1.11. The van der Waals surface area contributed by atoms with Gasteiger partial charge in [0.1, 0.15) is 6.26 Å². The molecule has 2 rings (SSSR count). The summed E-state index contributed by atoms with van der Waals surface area (Å²) in [4.78, 5) is 6.56. The number of methoxy groups -OCH3 is 1. The molecule has 0 amide bonds. The Balaban J connectivity index is 2.07. The van der Waals surface area contributed by atoms with Gasteiger partial charge in [-0.3, -0.25) is 0 Å². The van der Waals surface area contributed by atoms with Crippen LogP contribution < -0.4 is 4.90 Å². The predicted molar refractivity (Wildman–Crippen MR) is 67.5 cm³/mol. The van der Waals surface area contributed by atoms with E-state index in [2.05, 4.69) is 16.8 Å². The highest BCUT2D eigenvalue weighted by molar-refractivity contribution is 6.16. The fourth-order valence-electron chi connectivity index (χ4n) is 1.99. The summed E-state index contributed by atoms with van der Waals surface area (Å²) in [6.07, 6.45) is 4.23. The molecule has 1 aliphatic carbocycles. The number of alkyl halides is 1. The first-order chi connectivity index (χ1) is 8.26. The van der Waals surface area contributed by atoms with Crippen molar-refractivity contribution in [2.45, 2.75) is 31.7 Å². The molecule has 1 unspecified atom stereocenters. The van der Waals surface area contributed by atoms with Crippen molar-refractivity contribution in [1.29, 1.82) is 0 Å². The van der Waals surface area contributed by atoms with Gasteiger partial charge in [-0.25, -0.2) is 0 Å². The molecule has 1 heterocycles. The van der Waals surface area contributed by atoms with Crippen molar-refractivity contribution < 1.29 is 9.15 Å². The molecule has 1 aliphatic rings. The molecular weight excluding hydrogens is 240 g/mol. The van der Waals surface area contributed by atoms with E-state index in [1.54, 1.807) is 13.4 Å². The molecule has 1 atom stereocenters. The Morgan fingerprint density at radius 3 is 2.94 bits per heavy atom. The summed E-state index contributed by atoms with van der Waals surface area (Å²) in [7, 11) is 1.71. The van der Waals surface area contributed by atoms with E-state index in [9.17, 15) is 0 Å². The lowest BCUT2D eigenvalue weighted by Gasteiger charge is -2.27. The summed E-state index contributed by atoms with van der Waals surface area (Å²) in [5.41, 5.74) is 0.784. The third kappa shape index (κ3) is 3.13. The van der Waals surface area contributed by atoms with Crippen LogP contribution in [0.2, 0.25) is 0 Å². The van der Waals surface area contributed by atoms with Crippen molar-refractivity contribution in [2.75, 3.05) is 25.2 Å². The third-order valence-corrected chi connectivity index (χ3v) is 3.53. The summed E-state index contributed by atoms with van der Waals surface area (Å²) < 4.78 is 10.6. The van der Waals surface area contributed by atoms with Crippen molar-refractivity contribution in [3.8, 4) is 0 Å². The molecule has 4 nitrogen and oxygen atoms in total. The Labute approximate surface area is 107 Å². The first kappa shape index (κ1) is 12.7. The topological polar surface area (TPSA) is 38.5 Å². The van der Waals surface area contributed by atoms with Crippen LogP contribution in [0.25, 0.3) is 0 Å². The van der Waals surface area contributed by atoms with E-state index in [0.29, 0.717) is 24.5 Å². The molecule has 0 radical (unpaired) electrons. The number of oxazole rings is 1. The highest BCUT2D eigenvalue weighted by Gasteiger charge is 2.33. The maximum atomic E-state index is 5.74. The number of ether oxygens (including phenoxy) is 1. The second kappa shape index (κ2) is 5.74. The minimum atomic E-state index is 0.388. The van der Waals surface area contributed by atoms with E-state index in [0.717, 1.165) is 18.2 Å². The number of halogens is 1. The van der Waals surface area contributed by atoms with E-state index >= 15 is 0 Å². The van der Waals surface area contributed by atoms with Crippen LogP contribution in [0.5, 0.6) is 0 Å². The van der Waals surface area contributed by atoms with Gasteiger partial charge in [0.05, 0.1) is 18.2 Å². The second-order valence-corrected chi connectivity index (χ2v) is 4.79. The molecule has 5 heteroatoms. The van der Waals surface area contributed by atoms with Crippen LogP contribution in [0.3, 0.4) is 0 Å². The molecular formula is C12H19ClN2O2. The van der Waals surface area contributed by atoms with E-state index < -0.39 is 0 Å². The highest BCUT2D eigenvalue weighted by atomic mass is 35.5. The van der Waals surface area contributed by atoms with Crippen LogP contribution in [0, 0.1) is 5.92 Å². The molecule has 96 valence electrons. The van der Waals surface area contributed by atoms with Gasteiger partial charge in [0.15, 0.2) is 0 Å². The number of anilines is 1. The second-order valence-electron chi connectivity index (χ2n) is 4.52. The predicted octanol–water partition coefficient (Wildman–Crippen LogP) is 2.66. The van der Waals surface area contributed by atoms with Crippen molar-refractivity contribution >= 4 is 17.6 Å². The van der Waals surface area contributed by atoms with E-state index in [1.807, 2.05) is 0 Å². The third-order valence-electron chi connectivity index (χ3n) is 3.25. The first-order valence-corrected chi connectivity index (χ1v) is 6.55. The number of hydrogen-bond acceptors (Lipinski definition) is 4. The largest absolute Gasteiger partial charge is 0.432 e. The fraction of sp³-hybridized carbons (Fsp3) is 0.750. The van der Waals surface area contributed by atoms with Gasteiger partial charge in [-0.2, -0.15) is 4.98 Å². The maximum Gasteiger partial charge on any atom is 0.297 e. The van der Waals surface area contributed by atoms with Crippen LogP contribution in [0.15, 0.2) is 10.7 Å². The number of aromatic nitrogens is 1. The molecule has 0 aliphatic heterocycles. The fourth-order valence-corrected chi connectivity index (χ4v) is 2.11. The monoisotopic (exact) mass is 258 g/mol. The van der Waals surface area contributed by atoms with Gasteiger partial charge in [-0.1, -0.05) is 0 Å². The van der Waals surface area contributed by atoms with Gasteiger partial charge in [-0.05, 0) is 25.7 Å². The zero-order chi connectivity index (χ0) is 12.3. The summed E-state index contributed by atoms with van der Waals surface area (Å²) in [5.74, 6) is 1.15. The summed E-state index contributed by atoms with van der Waals surface area (Å²) in [6.45, 7) is 3.70. The van der Waals surface area contributed by atoms with Crippen molar-refractivity contribution in [1.82, 2.24) is 4.98 Å². The molecule has 0 spiro atoms. The lowest BCUT2D eigenvalue weighted by molar-refractivity contribution is 0.201. The molecule has 17 heavy (non-hydrogen) atoms. The van der Waals surface area contributed by atoms with Gasteiger partial charge in [0.2, 0.25) is 0 Å². The number of nitrogens with zero attached hydrogens (tertiary/aromatic N) is 2. The van der Waals surface area contributed by atoms with Gasteiger partial charge < -0.3 is 14.1 Å². The minimum Gasteiger partial charge on any atom is -0.432 e. The van der Waals surface area contributed by atoms with Gasteiger partial charge in [0, 0.05) is 19.7 Å². The maximum absolute atomic E-state index is 5.74. The molecule has 0 N–H and O–H groups in total. The van der Waals surface area contributed by atoms with Crippen molar-refractivity contribution in [3.05, 3.63) is 12.0 Å². The average molecular weight is 259 g/mol. The van der Waals surface area contributed by atoms with E-state index in [4.69, 9.17) is 20.8 Å². The lowest BCUT2D eigenvalue weighted by Crippen LogP contribution is -2.37. The van der Waals surface area contributed by atoms with Crippen LogP contribution in [0.4, 0.5) is 6.01 Å². The average Bonchev–Trinajstić information content (AvgIpc) is 3.09. The van der Waals surface area contributed by atoms with Gasteiger partial charge >= 0.3 is 0 Å². The Kier molecular flexibility index (Phi) is 4.29. The number of rotatable bonds is 7. The zero-order valence-corrected chi connectivity index (χ0v) is 11.1. The Bertz CT molecular complexity index is 352. The first-order valence-electron chi connectivity index (χ1n) is 6.02.